The van der Waals surface area contributed by atoms with Crippen molar-refractivity contribution in [2.75, 3.05) is 172 Å². The molecule has 3 N–H and O–H groups in total. The average molecular weight is 1300 g/mol. The molecule has 0 saturated carbocycles. The summed E-state index contributed by atoms with van der Waals surface area (Å²) in [5.41, 5.74) is 0. The lowest BCUT2D eigenvalue weighted by Gasteiger charge is -2.20. The molecule has 0 aliphatic heterocycles. The Morgan fingerprint density at radius 1 is 0.348 bits per heavy atom. The van der Waals surface area contributed by atoms with Crippen molar-refractivity contribution in [3.05, 3.63) is 0 Å². The molecule has 0 spiro atoms. The number of phosphoric ester groups is 1. The number of esters is 2. The molecule has 0 heterocycles. The Kier molecular flexibility index (Phi) is 69.4. The summed E-state index contributed by atoms with van der Waals surface area (Å²) in [7, 11) is -4.64. The summed E-state index contributed by atoms with van der Waals surface area (Å²) in [6.07, 6.45) is 35.7. The molecule has 24 heteroatoms. The maximum atomic E-state index is 12.9. The minimum absolute atomic E-state index is 0.0989. The lowest BCUT2D eigenvalue weighted by atomic mass is 10.0. The van der Waals surface area contributed by atoms with Crippen LogP contribution >= 0.6 is 7.82 Å². The van der Waals surface area contributed by atoms with Gasteiger partial charge in [-0.1, -0.05) is 194 Å². The van der Waals surface area contributed by atoms with Gasteiger partial charge in [0.05, 0.1) is 145 Å². The first-order valence-corrected chi connectivity index (χ1v) is 35.9. The molecule has 0 rings (SSSR count). The third-order valence-corrected chi connectivity index (χ3v) is 15.0. The number of carboxylic acid groups (broad SMARTS) is 1. The van der Waals surface area contributed by atoms with Crippen LogP contribution in [-0.4, -0.2) is 212 Å². The zero-order valence-corrected chi connectivity index (χ0v) is 56.5. The normalized spacial score (nSPS) is 12.6. The molecule has 0 fully saturated rings. The van der Waals surface area contributed by atoms with E-state index in [1.165, 1.54) is 141 Å². The third kappa shape index (κ3) is 72.8. The summed E-state index contributed by atoms with van der Waals surface area (Å²) in [5.74, 6) is -2.39. The lowest BCUT2D eigenvalue weighted by Crippen LogP contribution is -2.31. The molecule has 0 aliphatic rings. The Morgan fingerprint density at radius 3 is 0.944 bits per heavy atom. The van der Waals surface area contributed by atoms with Crippen molar-refractivity contribution >= 4 is 31.6 Å². The van der Waals surface area contributed by atoms with Crippen molar-refractivity contribution in [3.63, 3.8) is 0 Å². The molecule has 0 aliphatic carbocycles. The van der Waals surface area contributed by atoms with Crippen molar-refractivity contribution < 1.29 is 104 Å². The van der Waals surface area contributed by atoms with E-state index in [4.69, 9.17) is 75.7 Å². The molecule has 89 heavy (non-hydrogen) atoms. The second kappa shape index (κ2) is 71.4. The smallest absolute Gasteiger partial charge is 0.472 e. The second-order valence-corrected chi connectivity index (χ2v) is 23.6. The van der Waals surface area contributed by atoms with Crippen LogP contribution < -0.4 is 5.32 Å². The second-order valence-electron chi connectivity index (χ2n) is 22.2. The molecular weight excluding hydrogens is 1180 g/mol. The van der Waals surface area contributed by atoms with Gasteiger partial charge in [0.15, 0.2) is 6.10 Å². The van der Waals surface area contributed by atoms with Gasteiger partial charge in [-0.25, -0.2) is 9.36 Å². The molecule has 2 atom stereocenters. The maximum absolute atomic E-state index is 12.9. The van der Waals surface area contributed by atoms with Gasteiger partial charge in [-0.05, 0) is 12.8 Å². The van der Waals surface area contributed by atoms with Gasteiger partial charge in [0.2, 0.25) is 5.91 Å². The molecule has 0 aromatic heterocycles. The van der Waals surface area contributed by atoms with E-state index >= 15 is 0 Å². The van der Waals surface area contributed by atoms with Crippen molar-refractivity contribution in [2.24, 2.45) is 0 Å². The van der Waals surface area contributed by atoms with E-state index in [0.29, 0.717) is 125 Å². The van der Waals surface area contributed by atoms with Gasteiger partial charge in [0.25, 0.3) is 0 Å². The van der Waals surface area contributed by atoms with Gasteiger partial charge in [-0.2, -0.15) is 0 Å². The van der Waals surface area contributed by atoms with Crippen LogP contribution in [0, 0.1) is 0 Å². The molecule has 1 amide bonds. The highest BCUT2D eigenvalue weighted by atomic mass is 31.2. The van der Waals surface area contributed by atoms with Gasteiger partial charge in [-0.15, -0.1) is 0 Å². The number of nitrogens with one attached hydrogen (secondary N) is 1. The van der Waals surface area contributed by atoms with Gasteiger partial charge in [-0.3, -0.25) is 23.4 Å². The molecular formula is C65H126NO22P. The number of unbranched alkanes of at least 4 members (excludes halogenated alkanes) is 28. The van der Waals surface area contributed by atoms with Gasteiger partial charge in [0, 0.05) is 19.4 Å². The molecule has 528 valence electrons. The Hall–Kier alpha value is -2.45. The van der Waals surface area contributed by atoms with Gasteiger partial charge < -0.3 is 76.9 Å². The monoisotopic (exact) mass is 1300 g/mol. The fourth-order valence-corrected chi connectivity index (χ4v) is 9.69. The number of aliphatic carboxylic acids is 1. The highest BCUT2D eigenvalue weighted by Gasteiger charge is 2.26. The van der Waals surface area contributed by atoms with Crippen molar-refractivity contribution in [1.29, 1.82) is 0 Å². The van der Waals surface area contributed by atoms with Crippen LogP contribution in [0.5, 0.6) is 0 Å². The Labute approximate surface area is 536 Å². The van der Waals surface area contributed by atoms with Gasteiger partial charge in [0.1, 0.15) is 19.8 Å². The first-order valence-electron chi connectivity index (χ1n) is 34.4. The summed E-state index contributed by atoms with van der Waals surface area (Å²) in [6.45, 7) is 10.2. The Morgan fingerprint density at radius 2 is 0.629 bits per heavy atom. The first kappa shape index (κ1) is 86.5. The van der Waals surface area contributed by atoms with Crippen LogP contribution in [-0.2, 0) is 94.4 Å². The predicted octanol–water partition coefficient (Wildman–Crippen LogP) is 11.5. The predicted molar refractivity (Wildman–Crippen MR) is 341 cm³/mol. The minimum atomic E-state index is -4.64. The molecule has 1 unspecified atom stereocenters. The minimum Gasteiger partial charge on any atom is -0.480 e. The quantitative estimate of drug-likeness (QED) is 0.0290. The summed E-state index contributed by atoms with van der Waals surface area (Å²) in [6, 6.07) is 0. The average Bonchev–Trinajstić information content (AvgIpc) is 3.67. The van der Waals surface area contributed by atoms with Crippen molar-refractivity contribution in [2.45, 2.75) is 225 Å². The highest BCUT2D eigenvalue weighted by molar-refractivity contribution is 7.47. The van der Waals surface area contributed by atoms with E-state index in [9.17, 15) is 28.6 Å². The zero-order valence-electron chi connectivity index (χ0n) is 55.6. The number of hydrogen-bond donors (Lipinski definition) is 3. The van der Waals surface area contributed by atoms with E-state index in [-0.39, 0.29) is 65.6 Å². The molecule has 23 nitrogen and oxygen atoms in total. The van der Waals surface area contributed by atoms with Crippen LogP contribution in [0.3, 0.4) is 0 Å². The highest BCUT2D eigenvalue weighted by Crippen LogP contribution is 2.43. The van der Waals surface area contributed by atoms with E-state index in [2.05, 4.69) is 19.2 Å². The number of carboxylic acids is 1. The molecule has 0 aromatic rings. The van der Waals surface area contributed by atoms with Crippen molar-refractivity contribution in [3.8, 4) is 0 Å². The molecule has 0 radical (unpaired) electrons. The van der Waals surface area contributed by atoms with Gasteiger partial charge >= 0.3 is 25.7 Å². The molecule has 0 aromatic carbocycles. The van der Waals surface area contributed by atoms with Crippen LogP contribution in [0.25, 0.3) is 0 Å². The summed E-state index contributed by atoms with van der Waals surface area (Å²) in [5, 5.41) is 11.0. The Balaban J connectivity index is 4.12. The maximum Gasteiger partial charge on any atom is 0.472 e. The van der Waals surface area contributed by atoms with E-state index in [1.54, 1.807) is 0 Å². The molecule has 0 saturated heterocycles. The Bertz CT molecular complexity index is 1570. The zero-order chi connectivity index (χ0) is 64.7. The fraction of sp³-hybridized carbons (Fsp3) is 0.938. The number of hydrogen-bond acceptors (Lipinski definition) is 20. The number of carbonyl (C=O) groups excluding carboxylic acids is 3. The summed E-state index contributed by atoms with van der Waals surface area (Å²) < 4.78 is 93.3. The third-order valence-electron chi connectivity index (χ3n) is 14.0. The van der Waals surface area contributed by atoms with Crippen LogP contribution in [0.2, 0.25) is 0 Å². The summed E-state index contributed by atoms with van der Waals surface area (Å²) >= 11 is 0. The number of ether oxygens (including phenoxy) is 13. The fourth-order valence-electron chi connectivity index (χ4n) is 8.94. The van der Waals surface area contributed by atoms with Crippen LogP contribution in [0.1, 0.15) is 219 Å². The van der Waals surface area contributed by atoms with Crippen molar-refractivity contribution in [1.82, 2.24) is 5.32 Å². The first-order chi connectivity index (χ1) is 43.6. The standard InChI is InChI=1S/C65H126NO22P/c1-3-5-7-9-11-13-15-17-19-21-23-25-27-29-31-33-64(70)85-57-61(88-65(71)34-32-30-28-26-24-22-20-18-16-14-12-10-8-6-4-2)58-87-89(72,73)86-36-35-66-62(67)59-83-55-53-81-51-49-79-47-45-77-43-41-75-39-37-74-38-40-76-42-44-78-46-48-80-50-52-82-54-56-84-60-63(68)69/h61H,3-60H2,1-2H3,(H,66,67)(H,68,69)(H,72,73)/t61-/m1/s1. The van der Waals surface area contributed by atoms with E-state index in [0.717, 1.165) is 38.5 Å². The summed E-state index contributed by atoms with van der Waals surface area (Å²) in [4.78, 5) is 58.6. The van der Waals surface area contributed by atoms with E-state index in [1.807, 2.05) is 0 Å². The lowest BCUT2D eigenvalue weighted by molar-refractivity contribution is -0.161. The number of rotatable bonds is 76. The number of phosphoric acid groups is 1. The molecule has 0 bridgehead atoms. The topological polar surface area (TPSA) is 276 Å². The van der Waals surface area contributed by atoms with E-state index < -0.39 is 44.3 Å². The van der Waals surface area contributed by atoms with Crippen LogP contribution in [0.4, 0.5) is 0 Å². The largest absolute Gasteiger partial charge is 0.480 e. The number of amides is 1. The SMILES string of the molecule is CCCCCCCCCCCCCCCCCC(=O)OC[C@H](COP(=O)(O)OCCNC(=O)COCCOCCOCCOCCOCCOCCOCCOCCOCCOCCOCC(=O)O)OC(=O)CCCCCCCCCCCCCCCCC. The van der Waals surface area contributed by atoms with Crippen LogP contribution in [0.15, 0.2) is 0 Å². The number of carbonyl (C=O) groups is 4.